The number of ether oxygens (including phenoxy) is 1. The van der Waals surface area contributed by atoms with E-state index >= 15 is 0 Å². The Morgan fingerprint density at radius 2 is 1.71 bits per heavy atom. The van der Waals surface area contributed by atoms with Gasteiger partial charge in [-0.15, -0.1) is 0 Å². The van der Waals surface area contributed by atoms with Gasteiger partial charge in [-0.3, -0.25) is 0 Å². The van der Waals surface area contributed by atoms with Crippen molar-refractivity contribution in [1.82, 2.24) is 0 Å². The summed E-state index contributed by atoms with van der Waals surface area (Å²) in [7, 11) is 0. The quantitative estimate of drug-likeness (QED) is 0.435. The molecular weight excluding hydrogens is 312 g/mol. The van der Waals surface area contributed by atoms with Crippen LogP contribution in [0.1, 0.15) is 34.6 Å². The number of alkyl halides is 2. The van der Waals surface area contributed by atoms with E-state index in [4.69, 9.17) is 4.74 Å². The summed E-state index contributed by atoms with van der Waals surface area (Å²) < 4.78 is 4.46. The first-order chi connectivity index (χ1) is 6.12. The molecule has 0 amide bonds. The van der Waals surface area contributed by atoms with E-state index in [9.17, 15) is 4.79 Å². The third-order valence-electron chi connectivity index (χ3n) is 1.85. The Bertz CT molecular complexity index is 249. The summed E-state index contributed by atoms with van der Waals surface area (Å²) in [5, 5.41) is 0. The van der Waals surface area contributed by atoms with E-state index in [2.05, 4.69) is 31.9 Å². The molecule has 0 aromatic heterocycles. The van der Waals surface area contributed by atoms with Crippen LogP contribution < -0.4 is 0 Å². The molecule has 0 aliphatic heterocycles. The number of carbonyl (C=O) groups excluding carboxylic acids is 1. The molecule has 0 heterocycles. The fourth-order valence-corrected chi connectivity index (χ4v) is 0.762. The SMILES string of the molecule is CC=C(C)C(=O)OC(Br)(Br)C(C)(C)C. The Morgan fingerprint density at radius 3 is 2.00 bits per heavy atom. The first-order valence-electron chi connectivity index (χ1n) is 4.36. The molecule has 0 fully saturated rings. The van der Waals surface area contributed by atoms with Gasteiger partial charge in [0.05, 0.1) is 0 Å². The topological polar surface area (TPSA) is 26.3 Å². The lowest BCUT2D eigenvalue weighted by molar-refractivity contribution is -0.145. The lowest BCUT2D eigenvalue weighted by Gasteiger charge is -2.33. The molecule has 2 nitrogen and oxygen atoms in total. The molecule has 0 bridgehead atoms. The van der Waals surface area contributed by atoms with Crippen LogP contribution in [0, 0.1) is 5.41 Å². The average Bonchev–Trinajstić information content (AvgIpc) is 2.00. The monoisotopic (exact) mass is 326 g/mol. The smallest absolute Gasteiger partial charge is 0.335 e. The second kappa shape index (κ2) is 4.79. The third kappa shape index (κ3) is 3.73. The fourth-order valence-electron chi connectivity index (χ4n) is 0.468. The second-order valence-electron chi connectivity index (χ2n) is 4.13. The number of rotatable bonds is 2. The molecule has 0 saturated heterocycles. The van der Waals surface area contributed by atoms with Crippen molar-refractivity contribution in [2.75, 3.05) is 0 Å². The molecule has 0 rings (SSSR count). The van der Waals surface area contributed by atoms with Gasteiger partial charge in [-0.25, -0.2) is 4.79 Å². The van der Waals surface area contributed by atoms with Crippen molar-refractivity contribution >= 4 is 37.8 Å². The van der Waals surface area contributed by atoms with Crippen LogP contribution in [0.15, 0.2) is 11.6 Å². The van der Waals surface area contributed by atoms with Crippen LogP contribution in [0.2, 0.25) is 0 Å². The van der Waals surface area contributed by atoms with Gasteiger partial charge < -0.3 is 4.74 Å². The standard InChI is InChI=1S/C10H16Br2O2/c1-6-7(2)8(13)14-10(11,12)9(3,4)5/h6H,1-5H3. The third-order valence-corrected chi connectivity index (χ3v) is 4.55. The highest BCUT2D eigenvalue weighted by Gasteiger charge is 2.41. The maximum Gasteiger partial charge on any atom is 0.335 e. The number of esters is 1. The Kier molecular flexibility index (Phi) is 4.85. The maximum atomic E-state index is 11.5. The average molecular weight is 328 g/mol. The highest BCUT2D eigenvalue weighted by Crippen LogP contribution is 2.44. The van der Waals surface area contributed by atoms with Crippen molar-refractivity contribution in [2.45, 2.75) is 38.0 Å². The summed E-state index contributed by atoms with van der Waals surface area (Å²) in [5.74, 6) is -0.323. The minimum Gasteiger partial charge on any atom is -0.433 e. The van der Waals surface area contributed by atoms with Crippen molar-refractivity contribution in [3.8, 4) is 0 Å². The van der Waals surface area contributed by atoms with Gasteiger partial charge >= 0.3 is 5.97 Å². The van der Waals surface area contributed by atoms with E-state index in [1.807, 2.05) is 20.8 Å². The van der Waals surface area contributed by atoms with Crippen LogP contribution in [0.5, 0.6) is 0 Å². The second-order valence-corrected chi connectivity index (χ2v) is 7.43. The van der Waals surface area contributed by atoms with Crippen LogP contribution in [-0.2, 0) is 9.53 Å². The summed E-state index contributed by atoms with van der Waals surface area (Å²) in [6, 6.07) is 0. The molecular formula is C10H16Br2O2. The Morgan fingerprint density at radius 1 is 1.29 bits per heavy atom. The molecule has 82 valence electrons. The zero-order valence-corrected chi connectivity index (χ0v) is 12.3. The number of allylic oxidation sites excluding steroid dienone is 1. The van der Waals surface area contributed by atoms with Gasteiger partial charge in [0.25, 0.3) is 0 Å². The lowest BCUT2D eigenvalue weighted by atomic mass is 9.98. The van der Waals surface area contributed by atoms with Gasteiger partial charge in [-0.05, 0) is 45.7 Å². The molecule has 0 N–H and O–H groups in total. The predicted octanol–water partition coefficient (Wildman–Crippen LogP) is 3.99. The van der Waals surface area contributed by atoms with E-state index < -0.39 is 3.42 Å². The minimum atomic E-state index is -0.825. The molecule has 0 aliphatic carbocycles. The van der Waals surface area contributed by atoms with Crippen LogP contribution in [0.25, 0.3) is 0 Å². The lowest BCUT2D eigenvalue weighted by Crippen LogP contribution is -2.35. The van der Waals surface area contributed by atoms with Gasteiger partial charge in [-0.2, -0.15) is 0 Å². The van der Waals surface area contributed by atoms with Gasteiger partial charge in [0.15, 0.2) is 0 Å². The Balaban J connectivity index is 4.62. The van der Waals surface area contributed by atoms with Gasteiger partial charge in [0.1, 0.15) is 0 Å². The zero-order chi connectivity index (χ0) is 11.6. The highest BCUT2D eigenvalue weighted by atomic mass is 79.9. The van der Waals surface area contributed by atoms with E-state index in [-0.39, 0.29) is 11.4 Å². The van der Waals surface area contributed by atoms with E-state index in [1.165, 1.54) is 0 Å². The van der Waals surface area contributed by atoms with Crippen LogP contribution in [-0.4, -0.2) is 9.39 Å². The molecule has 0 aromatic carbocycles. The molecule has 0 saturated carbocycles. The van der Waals surface area contributed by atoms with Crippen molar-refractivity contribution < 1.29 is 9.53 Å². The Labute approximate surface area is 102 Å². The largest absolute Gasteiger partial charge is 0.433 e. The first kappa shape index (κ1) is 14.2. The van der Waals surface area contributed by atoms with Crippen molar-refractivity contribution in [3.63, 3.8) is 0 Å². The van der Waals surface area contributed by atoms with Crippen molar-refractivity contribution in [2.24, 2.45) is 5.41 Å². The summed E-state index contributed by atoms with van der Waals surface area (Å²) >= 11 is 6.69. The Hall–Kier alpha value is 0.170. The predicted molar refractivity (Wildman–Crippen MR) is 65.6 cm³/mol. The minimum absolute atomic E-state index is 0.226. The summed E-state index contributed by atoms with van der Waals surface area (Å²) in [5.41, 5.74) is 0.369. The highest BCUT2D eigenvalue weighted by molar-refractivity contribution is 9.25. The zero-order valence-electron chi connectivity index (χ0n) is 9.15. The molecule has 0 unspecified atom stereocenters. The first-order valence-corrected chi connectivity index (χ1v) is 5.94. The van der Waals surface area contributed by atoms with Gasteiger partial charge in [0, 0.05) is 11.0 Å². The summed E-state index contributed by atoms with van der Waals surface area (Å²) in [6.45, 7) is 9.43. The van der Waals surface area contributed by atoms with E-state index in [1.54, 1.807) is 19.9 Å². The van der Waals surface area contributed by atoms with Crippen LogP contribution >= 0.6 is 31.9 Å². The molecule has 0 spiro atoms. The molecule has 0 aliphatic rings. The fraction of sp³-hybridized carbons (Fsp3) is 0.700. The number of hydrogen-bond acceptors (Lipinski definition) is 2. The van der Waals surface area contributed by atoms with Crippen LogP contribution in [0.3, 0.4) is 0 Å². The maximum absolute atomic E-state index is 11.5. The number of hydrogen-bond donors (Lipinski definition) is 0. The molecule has 0 atom stereocenters. The molecule has 14 heavy (non-hydrogen) atoms. The summed E-state index contributed by atoms with van der Waals surface area (Å²) in [4.78, 5) is 11.5. The number of halogens is 2. The summed E-state index contributed by atoms with van der Waals surface area (Å²) in [6.07, 6.45) is 1.72. The van der Waals surface area contributed by atoms with Gasteiger partial charge in [0.2, 0.25) is 3.42 Å². The van der Waals surface area contributed by atoms with Crippen molar-refractivity contribution in [1.29, 1.82) is 0 Å². The van der Waals surface area contributed by atoms with Gasteiger partial charge in [-0.1, -0.05) is 26.8 Å². The molecule has 4 heteroatoms. The van der Waals surface area contributed by atoms with Crippen LogP contribution in [0.4, 0.5) is 0 Å². The number of carbonyl (C=O) groups is 1. The molecule has 0 radical (unpaired) electrons. The molecule has 0 aromatic rings. The van der Waals surface area contributed by atoms with E-state index in [0.29, 0.717) is 5.57 Å². The normalized spacial score (nSPS) is 14.1. The van der Waals surface area contributed by atoms with Crippen molar-refractivity contribution in [3.05, 3.63) is 11.6 Å². The van der Waals surface area contributed by atoms with E-state index in [0.717, 1.165) is 0 Å².